The first kappa shape index (κ1) is 17.1. The number of fused-ring (bicyclic) bond motifs is 1. The summed E-state index contributed by atoms with van der Waals surface area (Å²) in [6.07, 6.45) is 0.341. The van der Waals surface area contributed by atoms with Crippen LogP contribution >= 0.6 is 11.3 Å². The van der Waals surface area contributed by atoms with Gasteiger partial charge in [-0.05, 0) is 31.4 Å². The summed E-state index contributed by atoms with van der Waals surface area (Å²) in [7, 11) is -3.90. The number of rotatable bonds is 4. The Balaban J connectivity index is 1.74. The summed E-state index contributed by atoms with van der Waals surface area (Å²) >= 11 is 1.05. The number of carbonyl (C=O) groups excluding carboxylic acids is 1. The number of hydrogen-bond donors (Lipinski definition) is 1. The molecule has 0 spiro atoms. The highest BCUT2D eigenvalue weighted by Gasteiger charge is 2.27. The second kappa shape index (κ2) is 6.62. The molecular weight excluding hydrogens is 348 g/mol. The summed E-state index contributed by atoms with van der Waals surface area (Å²) in [5, 5.41) is 0.643. The highest BCUT2D eigenvalue weighted by molar-refractivity contribution is 7.92. The minimum absolute atomic E-state index is 0.0346. The van der Waals surface area contributed by atoms with Crippen LogP contribution in [0.3, 0.4) is 0 Å². The number of carbonyl (C=O) groups is 1. The molecule has 0 saturated carbocycles. The van der Waals surface area contributed by atoms with Crippen molar-refractivity contribution in [3.63, 3.8) is 0 Å². The standard InChI is InChI=1S/C16H18N2O4S2/c1-10-16(23-11(2)17-10)24(20,21)18-15(19)9-14-13-6-4-3-5-12(13)7-8-22-14/h3-6,14H,7-9H2,1-2H3,(H,18,19)/t14-/m1/s1. The van der Waals surface area contributed by atoms with E-state index >= 15 is 0 Å². The molecule has 6 nitrogen and oxygen atoms in total. The molecule has 1 aromatic carbocycles. The third kappa shape index (κ3) is 3.50. The highest BCUT2D eigenvalue weighted by Crippen LogP contribution is 2.30. The van der Waals surface area contributed by atoms with Crippen LogP contribution in [0, 0.1) is 13.8 Å². The van der Waals surface area contributed by atoms with Gasteiger partial charge in [-0.25, -0.2) is 18.1 Å². The molecule has 0 fully saturated rings. The number of ether oxygens (including phenoxy) is 1. The van der Waals surface area contributed by atoms with E-state index in [2.05, 4.69) is 9.71 Å². The Morgan fingerprint density at radius 1 is 1.38 bits per heavy atom. The molecule has 2 aromatic rings. The Bertz CT molecular complexity index is 874. The van der Waals surface area contributed by atoms with Gasteiger partial charge >= 0.3 is 0 Å². The van der Waals surface area contributed by atoms with Crippen LogP contribution in [0.1, 0.15) is 34.4 Å². The second-order valence-electron chi connectivity index (χ2n) is 5.65. The van der Waals surface area contributed by atoms with E-state index in [0.29, 0.717) is 17.3 Å². The maximum absolute atomic E-state index is 12.4. The average molecular weight is 366 g/mol. The molecule has 1 N–H and O–H groups in total. The van der Waals surface area contributed by atoms with Crippen LogP contribution in [0.25, 0.3) is 0 Å². The average Bonchev–Trinajstić information content (AvgIpc) is 2.86. The van der Waals surface area contributed by atoms with Gasteiger partial charge < -0.3 is 4.74 Å². The number of aromatic nitrogens is 1. The molecule has 1 aliphatic rings. The van der Waals surface area contributed by atoms with Crippen LogP contribution in [0.5, 0.6) is 0 Å². The lowest BCUT2D eigenvalue weighted by molar-refractivity contribution is -0.122. The number of aryl methyl sites for hydroxylation is 2. The molecule has 3 rings (SSSR count). The summed E-state index contributed by atoms with van der Waals surface area (Å²) < 4.78 is 32.6. The Morgan fingerprint density at radius 2 is 2.12 bits per heavy atom. The van der Waals surface area contributed by atoms with Gasteiger partial charge in [-0.15, -0.1) is 11.3 Å². The molecule has 1 aromatic heterocycles. The highest BCUT2D eigenvalue weighted by atomic mass is 32.2. The lowest BCUT2D eigenvalue weighted by Gasteiger charge is -2.25. The normalized spacial score (nSPS) is 17.3. The van der Waals surface area contributed by atoms with Crippen molar-refractivity contribution in [2.75, 3.05) is 6.61 Å². The maximum Gasteiger partial charge on any atom is 0.275 e. The number of nitrogens with zero attached hydrogens (tertiary/aromatic N) is 1. The van der Waals surface area contributed by atoms with Gasteiger partial charge in [0.25, 0.3) is 10.0 Å². The first-order valence-electron chi connectivity index (χ1n) is 7.56. The SMILES string of the molecule is Cc1nc(C)c(S(=O)(=O)NC(=O)C[C@H]2OCCc3ccccc32)s1. The van der Waals surface area contributed by atoms with Crippen molar-refractivity contribution in [2.24, 2.45) is 0 Å². The molecule has 0 unspecified atom stereocenters. The van der Waals surface area contributed by atoms with Crippen molar-refractivity contribution in [2.45, 2.75) is 37.0 Å². The number of nitrogens with one attached hydrogen (secondary N) is 1. The van der Waals surface area contributed by atoms with Gasteiger partial charge in [0.1, 0.15) is 0 Å². The number of amides is 1. The third-order valence-electron chi connectivity index (χ3n) is 3.82. The van der Waals surface area contributed by atoms with Crippen molar-refractivity contribution in [1.82, 2.24) is 9.71 Å². The molecule has 0 aliphatic carbocycles. The Labute approximate surface area is 144 Å². The molecule has 0 bridgehead atoms. The summed E-state index contributed by atoms with van der Waals surface area (Å²) in [5.74, 6) is -0.581. The summed E-state index contributed by atoms with van der Waals surface area (Å²) in [5.41, 5.74) is 2.48. The van der Waals surface area contributed by atoms with Gasteiger partial charge in [-0.2, -0.15) is 0 Å². The second-order valence-corrected chi connectivity index (χ2v) is 8.73. The fourth-order valence-corrected chi connectivity index (χ4v) is 5.29. The van der Waals surface area contributed by atoms with Gasteiger partial charge in [-0.3, -0.25) is 4.79 Å². The minimum Gasteiger partial charge on any atom is -0.373 e. The van der Waals surface area contributed by atoms with E-state index < -0.39 is 22.0 Å². The predicted octanol–water partition coefficient (Wildman–Crippen LogP) is 2.27. The number of thiazole rings is 1. The van der Waals surface area contributed by atoms with Crippen LogP contribution < -0.4 is 4.72 Å². The number of hydrogen-bond acceptors (Lipinski definition) is 6. The van der Waals surface area contributed by atoms with Crippen LogP contribution in [-0.2, 0) is 26.0 Å². The van der Waals surface area contributed by atoms with Crippen LogP contribution in [0.4, 0.5) is 0 Å². The lowest BCUT2D eigenvalue weighted by atomic mass is 9.96. The molecule has 1 atom stereocenters. The topological polar surface area (TPSA) is 85.4 Å². The minimum atomic E-state index is -3.90. The van der Waals surface area contributed by atoms with Gasteiger partial charge in [0.2, 0.25) is 5.91 Å². The first-order valence-corrected chi connectivity index (χ1v) is 9.86. The van der Waals surface area contributed by atoms with Gasteiger partial charge in [0.15, 0.2) is 4.21 Å². The van der Waals surface area contributed by atoms with Gasteiger partial charge in [0, 0.05) is 0 Å². The zero-order valence-corrected chi connectivity index (χ0v) is 15.0. The Hall–Kier alpha value is -1.77. The fraction of sp³-hybridized carbons (Fsp3) is 0.375. The first-order chi connectivity index (χ1) is 11.4. The quantitative estimate of drug-likeness (QED) is 0.897. The Kier molecular flexibility index (Phi) is 4.71. The lowest BCUT2D eigenvalue weighted by Crippen LogP contribution is -2.32. The maximum atomic E-state index is 12.4. The van der Waals surface area contributed by atoms with Crippen LogP contribution in [0.15, 0.2) is 28.5 Å². The van der Waals surface area contributed by atoms with E-state index in [1.807, 2.05) is 24.3 Å². The fourth-order valence-electron chi connectivity index (χ4n) is 2.81. The van der Waals surface area contributed by atoms with E-state index in [-0.39, 0.29) is 10.6 Å². The monoisotopic (exact) mass is 366 g/mol. The molecule has 8 heteroatoms. The summed E-state index contributed by atoms with van der Waals surface area (Å²) in [6.45, 7) is 3.86. The zero-order chi connectivity index (χ0) is 17.3. The van der Waals surface area contributed by atoms with Crippen LogP contribution in [0.2, 0.25) is 0 Å². The van der Waals surface area contributed by atoms with Crippen LogP contribution in [-0.4, -0.2) is 25.9 Å². The smallest absolute Gasteiger partial charge is 0.275 e. The molecule has 0 radical (unpaired) electrons. The molecule has 0 saturated heterocycles. The third-order valence-corrected chi connectivity index (χ3v) is 6.87. The van der Waals surface area contributed by atoms with E-state index in [9.17, 15) is 13.2 Å². The van der Waals surface area contributed by atoms with Gasteiger partial charge in [0.05, 0.1) is 29.8 Å². The van der Waals surface area contributed by atoms with Gasteiger partial charge in [-0.1, -0.05) is 24.3 Å². The van der Waals surface area contributed by atoms with Crippen molar-refractivity contribution in [3.05, 3.63) is 46.1 Å². The predicted molar refractivity (Wildman–Crippen MR) is 90.4 cm³/mol. The molecule has 1 aliphatic heterocycles. The number of sulfonamides is 1. The van der Waals surface area contributed by atoms with Crippen molar-refractivity contribution < 1.29 is 17.9 Å². The summed E-state index contributed by atoms with van der Waals surface area (Å²) in [6, 6.07) is 7.75. The molecule has 128 valence electrons. The van der Waals surface area contributed by atoms with E-state index in [4.69, 9.17) is 4.74 Å². The zero-order valence-electron chi connectivity index (χ0n) is 13.4. The largest absolute Gasteiger partial charge is 0.373 e. The molecule has 2 heterocycles. The van der Waals surface area contributed by atoms with E-state index in [1.54, 1.807) is 13.8 Å². The Morgan fingerprint density at radius 3 is 2.83 bits per heavy atom. The van der Waals surface area contributed by atoms with Crippen molar-refractivity contribution in [1.29, 1.82) is 0 Å². The molecule has 24 heavy (non-hydrogen) atoms. The molecular formula is C16H18N2O4S2. The molecule has 1 amide bonds. The van der Waals surface area contributed by atoms with E-state index in [1.165, 1.54) is 0 Å². The summed E-state index contributed by atoms with van der Waals surface area (Å²) in [4.78, 5) is 16.3. The van der Waals surface area contributed by atoms with Crippen molar-refractivity contribution in [3.8, 4) is 0 Å². The van der Waals surface area contributed by atoms with Crippen molar-refractivity contribution >= 4 is 27.3 Å². The number of benzene rings is 1. The van der Waals surface area contributed by atoms with E-state index in [0.717, 1.165) is 28.9 Å².